The summed E-state index contributed by atoms with van der Waals surface area (Å²) in [5, 5.41) is 4.03. The SMILES string of the molecule is O=C(CNC(=O)c1cccnc1)Oc1cscn1. The van der Waals surface area contributed by atoms with Crippen molar-refractivity contribution in [1.82, 2.24) is 15.3 Å². The smallest absolute Gasteiger partial charge is 0.332 e. The van der Waals surface area contributed by atoms with Gasteiger partial charge >= 0.3 is 5.97 Å². The van der Waals surface area contributed by atoms with Crippen molar-refractivity contribution < 1.29 is 14.3 Å². The number of pyridine rings is 1. The lowest BCUT2D eigenvalue weighted by Crippen LogP contribution is -2.31. The van der Waals surface area contributed by atoms with Crippen LogP contribution in [-0.2, 0) is 4.79 Å². The van der Waals surface area contributed by atoms with Gasteiger partial charge in [-0.05, 0) is 12.1 Å². The number of hydrogen-bond donors (Lipinski definition) is 1. The molecule has 0 aliphatic heterocycles. The Morgan fingerprint density at radius 1 is 1.44 bits per heavy atom. The lowest BCUT2D eigenvalue weighted by atomic mass is 10.3. The molecule has 0 radical (unpaired) electrons. The molecule has 0 saturated carbocycles. The van der Waals surface area contributed by atoms with E-state index < -0.39 is 5.97 Å². The molecule has 6 nitrogen and oxygen atoms in total. The maximum absolute atomic E-state index is 11.6. The average Bonchev–Trinajstić information content (AvgIpc) is 2.90. The van der Waals surface area contributed by atoms with E-state index >= 15 is 0 Å². The maximum atomic E-state index is 11.6. The van der Waals surface area contributed by atoms with Gasteiger partial charge in [0, 0.05) is 12.4 Å². The summed E-state index contributed by atoms with van der Waals surface area (Å²) in [5.41, 5.74) is 1.94. The molecular weight excluding hydrogens is 254 g/mol. The second-order valence-corrected chi connectivity index (χ2v) is 3.94. The highest BCUT2D eigenvalue weighted by molar-refractivity contribution is 7.07. The lowest BCUT2D eigenvalue weighted by molar-refractivity contribution is -0.133. The number of ether oxygens (including phenoxy) is 1. The number of carbonyl (C=O) groups is 2. The van der Waals surface area contributed by atoms with Crippen molar-refractivity contribution in [3.63, 3.8) is 0 Å². The van der Waals surface area contributed by atoms with Gasteiger partial charge in [-0.3, -0.25) is 9.78 Å². The Morgan fingerprint density at radius 3 is 3.00 bits per heavy atom. The molecule has 0 aromatic carbocycles. The van der Waals surface area contributed by atoms with Gasteiger partial charge in [0.05, 0.1) is 16.5 Å². The van der Waals surface area contributed by atoms with Crippen LogP contribution in [-0.4, -0.2) is 28.4 Å². The van der Waals surface area contributed by atoms with Gasteiger partial charge in [0.25, 0.3) is 5.91 Å². The molecule has 18 heavy (non-hydrogen) atoms. The molecular formula is C11H9N3O3S. The molecule has 2 heterocycles. The Bertz CT molecular complexity index is 528. The molecule has 1 N–H and O–H groups in total. The summed E-state index contributed by atoms with van der Waals surface area (Å²) >= 11 is 1.32. The van der Waals surface area contributed by atoms with E-state index in [1.165, 1.54) is 17.5 Å². The minimum atomic E-state index is -0.571. The summed E-state index contributed by atoms with van der Waals surface area (Å²) in [6.45, 7) is -0.217. The minimum Gasteiger partial charge on any atom is -0.405 e. The molecule has 2 aromatic heterocycles. The molecule has 2 aromatic rings. The van der Waals surface area contributed by atoms with Crippen molar-refractivity contribution >= 4 is 23.2 Å². The van der Waals surface area contributed by atoms with E-state index in [9.17, 15) is 9.59 Å². The topological polar surface area (TPSA) is 81.2 Å². The third-order valence-electron chi connectivity index (χ3n) is 1.95. The van der Waals surface area contributed by atoms with Crippen molar-refractivity contribution in [2.24, 2.45) is 0 Å². The lowest BCUT2D eigenvalue weighted by Gasteiger charge is -2.03. The Morgan fingerprint density at radius 2 is 2.33 bits per heavy atom. The van der Waals surface area contributed by atoms with Crippen LogP contribution in [0.2, 0.25) is 0 Å². The highest BCUT2D eigenvalue weighted by atomic mass is 32.1. The van der Waals surface area contributed by atoms with Crippen LogP contribution in [0.4, 0.5) is 0 Å². The van der Waals surface area contributed by atoms with Gasteiger partial charge in [-0.25, -0.2) is 9.78 Å². The van der Waals surface area contributed by atoms with E-state index in [-0.39, 0.29) is 18.3 Å². The van der Waals surface area contributed by atoms with Gasteiger partial charge in [-0.15, -0.1) is 11.3 Å². The fourth-order valence-corrected chi connectivity index (χ4v) is 1.61. The van der Waals surface area contributed by atoms with Gasteiger partial charge in [0.15, 0.2) is 0 Å². The van der Waals surface area contributed by atoms with E-state index in [0.717, 1.165) is 0 Å². The van der Waals surface area contributed by atoms with Gasteiger partial charge < -0.3 is 10.1 Å². The summed E-state index contributed by atoms with van der Waals surface area (Å²) in [5.74, 6) is -0.711. The Balaban J connectivity index is 1.81. The zero-order valence-corrected chi connectivity index (χ0v) is 10.0. The second-order valence-electron chi connectivity index (χ2n) is 3.23. The maximum Gasteiger partial charge on any atom is 0.332 e. The van der Waals surface area contributed by atoms with Crippen LogP contribution < -0.4 is 10.1 Å². The zero-order chi connectivity index (χ0) is 12.8. The molecule has 0 fully saturated rings. The molecule has 0 aliphatic rings. The standard InChI is InChI=1S/C11H9N3O3S/c15-10(17-9-6-18-7-14-9)5-13-11(16)8-2-1-3-12-4-8/h1-4,6-7H,5H2,(H,13,16). The predicted molar refractivity (Wildman–Crippen MR) is 64.3 cm³/mol. The third kappa shape index (κ3) is 3.36. The van der Waals surface area contributed by atoms with E-state index in [4.69, 9.17) is 4.74 Å². The third-order valence-corrected chi connectivity index (χ3v) is 2.51. The van der Waals surface area contributed by atoms with Crippen LogP contribution >= 0.6 is 11.3 Å². The predicted octanol–water partition coefficient (Wildman–Crippen LogP) is 0.873. The van der Waals surface area contributed by atoms with E-state index in [1.54, 1.807) is 29.2 Å². The van der Waals surface area contributed by atoms with Crippen LogP contribution in [0.25, 0.3) is 0 Å². The normalized spacial score (nSPS) is 9.78. The van der Waals surface area contributed by atoms with Gasteiger partial charge in [0.2, 0.25) is 5.88 Å². The summed E-state index contributed by atoms with van der Waals surface area (Å²) in [7, 11) is 0. The number of nitrogens with one attached hydrogen (secondary N) is 1. The number of rotatable bonds is 4. The Labute approximate surface area is 107 Å². The summed E-state index contributed by atoms with van der Waals surface area (Å²) in [4.78, 5) is 30.5. The van der Waals surface area contributed by atoms with Gasteiger partial charge in [0.1, 0.15) is 6.54 Å². The first-order valence-electron chi connectivity index (χ1n) is 5.03. The first-order valence-corrected chi connectivity index (χ1v) is 5.97. The highest BCUT2D eigenvalue weighted by Gasteiger charge is 2.10. The fraction of sp³-hybridized carbons (Fsp3) is 0.0909. The number of nitrogens with zero attached hydrogens (tertiary/aromatic N) is 2. The number of carbonyl (C=O) groups excluding carboxylic acids is 2. The molecule has 2 rings (SSSR count). The fourth-order valence-electron chi connectivity index (χ4n) is 1.16. The second kappa shape index (κ2) is 5.87. The zero-order valence-electron chi connectivity index (χ0n) is 9.20. The van der Waals surface area contributed by atoms with E-state index in [0.29, 0.717) is 5.56 Å². The molecule has 0 aliphatic carbocycles. The number of thiazole rings is 1. The van der Waals surface area contributed by atoms with Crippen molar-refractivity contribution in [3.05, 3.63) is 41.0 Å². The number of esters is 1. The van der Waals surface area contributed by atoms with Crippen LogP contribution in [0.15, 0.2) is 35.4 Å². The van der Waals surface area contributed by atoms with Crippen LogP contribution in [0, 0.1) is 0 Å². The summed E-state index contributed by atoms with van der Waals surface area (Å²) in [6.07, 6.45) is 2.98. The number of amides is 1. The van der Waals surface area contributed by atoms with Crippen LogP contribution in [0.1, 0.15) is 10.4 Å². The van der Waals surface area contributed by atoms with Gasteiger partial charge in [-0.2, -0.15) is 0 Å². The monoisotopic (exact) mass is 263 g/mol. The molecule has 1 amide bonds. The molecule has 0 unspecified atom stereocenters. The summed E-state index contributed by atoms with van der Waals surface area (Å²) < 4.78 is 4.87. The summed E-state index contributed by atoms with van der Waals surface area (Å²) in [6, 6.07) is 3.25. The molecule has 7 heteroatoms. The van der Waals surface area contributed by atoms with Crippen molar-refractivity contribution in [2.45, 2.75) is 0 Å². The van der Waals surface area contributed by atoms with Crippen molar-refractivity contribution in [2.75, 3.05) is 6.54 Å². The average molecular weight is 263 g/mol. The molecule has 0 atom stereocenters. The van der Waals surface area contributed by atoms with Crippen molar-refractivity contribution in [3.8, 4) is 5.88 Å². The van der Waals surface area contributed by atoms with Gasteiger partial charge in [-0.1, -0.05) is 0 Å². The van der Waals surface area contributed by atoms with Crippen LogP contribution in [0.3, 0.4) is 0 Å². The molecule has 0 saturated heterocycles. The quantitative estimate of drug-likeness (QED) is 0.828. The largest absolute Gasteiger partial charge is 0.405 e. The first-order chi connectivity index (χ1) is 8.75. The van der Waals surface area contributed by atoms with Crippen molar-refractivity contribution in [1.29, 1.82) is 0 Å². The molecule has 92 valence electrons. The minimum absolute atomic E-state index is 0.217. The van der Waals surface area contributed by atoms with E-state index in [1.807, 2.05) is 0 Å². The first kappa shape index (κ1) is 12.2. The Hall–Kier alpha value is -2.28. The molecule has 0 bridgehead atoms. The number of hydrogen-bond acceptors (Lipinski definition) is 6. The highest BCUT2D eigenvalue weighted by Crippen LogP contribution is 2.09. The van der Waals surface area contributed by atoms with E-state index in [2.05, 4.69) is 15.3 Å². The van der Waals surface area contributed by atoms with Crippen LogP contribution in [0.5, 0.6) is 5.88 Å². The number of aromatic nitrogens is 2. The molecule has 0 spiro atoms. The Kier molecular flexibility index (Phi) is 3.98.